The van der Waals surface area contributed by atoms with Gasteiger partial charge >= 0.3 is 0 Å². The minimum Gasteiger partial charge on any atom is -0.493 e. The van der Waals surface area contributed by atoms with Crippen molar-refractivity contribution in [1.29, 1.82) is 0 Å². The van der Waals surface area contributed by atoms with Crippen LogP contribution in [-0.2, 0) is 11.2 Å². The van der Waals surface area contributed by atoms with E-state index in [-0.39, 0.29) is 11.9 Å². The van der Waals surface area contributed by atoms with E-state index in [1.54, 1.807) is 14.2 Å². The highest BCUT2D eigenvalue weighted by Gasteiger charge is 2.33. The molecule has 1 aliphatic heterocycles. The number of hydrogen-bond acceptors (Lipinski definition) is 3. The average Bonchev–Trinajstić information content (AvgIpc) is 3.29. The first-order valence-corrected chi connectivity index (χ1v) is 9.27. The Morgan fingerprint density at radius 1 is 1.11 bits per heavy atom. The van der Waals surface area contributed by atoms with Gasteiger partial charge in [-0.3, -0.25) is 4.79 Å². The zero-order valence-corrected chi connectivity index (χ0v) is 15.7. The van der Waals surface area contributed by atoms with Gasteiger partial charge in [0.2, 0.25) is 5.91 Å². The van der Waals surface area contributed by atoms with Gasteiger partial charge in [0.1, 0.15) is 0 Å². The molecule has 1 atom stereocenters. The fourth-order valence-corrected chi connectivity index (χ4v) is 3.99. The fourth-order valence-electron chi connectivity index (χ4n) is 3.99. The number of methoxy groups -OCH3 is 2. The van der Waals surface area contributed by atoms with Crippen LogP contribution in [0.3, 0.4) is 0 Å². The monoisotopic (exact) mass is 364 g/mol. The van der Waals surface area contributed by atoms with E-state index in [0.29, 0.717) is 13.0 Å². The number of fused-ring (bicyclic) bond motifs is 1. The summed E-state index contributed by atoms with van der Waals surface area (Å²) in [6.07, 6.45) is 4.31. The number of rotatable bonds is 6. The molecule has 1 N–H and O–H groups in total. The van der Waals surface area contributed by atoms with Crippen LogP contribution in [0.1, 0.15) is 30.0 Å². The van der Waals surface area contributed by atoms with Gasteiger partial charge in [-0.05, 0) is 42.2 Å². The van der Waals surface area contributed by atoms with Gasteiger partial charge in [0.25, 0.3) is 0 Å². The molecular weight excluding hydrogens is 340 g/mol. The highest BCUT2D eigenvalue weighted by molar-refractivity contribution is 5.86. The van der Waals surface area contributed by atoms with E-state index in [1.807, 2.05) is 35.2 Å². The minimum absolute atomic E-state index is 0.133. The molecule has 1 fully saturated rings. The summed E-state index contributed by atoms with van der Waals surface area (Å²) in [5.41, 5.74) is 3.46. The molecule has 3 aromatic rings. The van der Waals surface area contributed by atoms with Gasteiger partial charge in [-0.25, -0.2) is 0 Å². The Hall–Kier alpha value is -2.95. The molecule has 2 aromatic carbocycles. The molecule has 4 rings (SSSR count). The summed E-state index contributed by atoms with van der Waals surface area (Å²) in [6.45, 7) is 0.693. The van der Waals surface area contributed by atoms with Crippen LogP contribution >= 0.6 is 0 Å². The molecule has 0 saturated carbocycles. The number of nitrogens with zero attached hydrogens (tertiary/aromatic N) is 1. The average molecular weight is 364 g/mol. The third-order valence-corrected chi connectivity index (χ3v) is 5.40. The lowest BCUT2D eigenvalue weighted by molar-refractivity contribution is -0.129. The highest BCUT2D eigenvalue weighted by Crippen LogP contribution is 2.37. The van der Waals surface area contributed by atoms with Gasteiger partial charge in [-0.15, -0.1) is 0 Å². The van der Waals surface area contributed by atoms with E-state index in [0.717, 1.165) is 35.4 Å². The number of amides is 1. The molecule has 140 valence electrons. The summed E-state index contributed by atoms with van der Waals surface area (Å²) in [5, 5.41) is 1.20. The molecule has 1 amide bonds. The number of para-hydroxylation sites is 1. The third kappa shape index (κ3) is 3.25. The molecule has 5 heteroatoms. The standard InChI is InChI=1S/C22H24N2O3/c1-26-20-9-7-15(13-21(20)27-2)11-12-24-19(8-10-22(24)25)17-14-23-18-6-4-3-5-16(17)18/h3-7,9,13-14,19,23H,8,10-12H2,1-2H3/t19-/m1/s1. The molecule has 0 unspecified atom stereocenters. The highest BCUT2D eigenvalue weighted by atomic mass is 16.5. The van der Waals surface area contributed by atoms with E-state index in [1.165, 1.54) is 10.9 Å². The number of benzene rings is 2. The number of H-pyrrole nitrogens is 1. The number of nitrogens with one attached hydrogen (secondary N) is 1. The Morgan fingerprint density at radius 2 is 1.93 bits per heavy atom. The van der Waals surface area contributed by atoms with Crippen LogP contribution in [0.2, 0.25) is 0 Å². The number of hydrogen-bond donors (Lipinski definition) is 1. The van der Waals surface area contributed by atoms with Gasteiger partial charge in [0.15, 0.2) is 11.5 Å². The first-order valence-electron chi connectivity index (χ1n) is 9.27. The van der Waals surface area contributed by atoms with E-state index in [2.05, 4.69) is 23.3 Å². The van der Waals surface area contributed by atoms with E-state index in [9.17, 15) is 4.79 Å². The SMILES string of the molecule is COc1ccc(CCN2C(=O)CC[C@@H]2c2c[nH]c3ccccc23)cc1OC. The van der Waals surface area contributed by atoms with Gasteiger partial charge < -0.3 is 19.4 Å². The summed E-state index contributed by atoms with van der Waals surface area (Å²) in [7, 11) is 3.27. The van der Waals surface area contributed by atoms with Gasteiger partial charge in [-0.1, -0.05) is 24.3 Å². The number of aromatic amines is 1. The van der Waals surface area contributed by atoms with Gasteiger partial charge in [-0.2, -0.15) is 0 Å². The lowest BCUT2D eigenvalue weighted by atomic mass is 10.0. The molecule has 27 heavy (non-hydrogen) atoms. The van der Waals surface area contributed by atoms with Crippen LogP contribution in [0.4, 0.5) is 0 Å². The molecule has 5 nitrogen and oxygen atoms in total. The van der Waals surface area contributed by atoms with Crippen molar-refractivity contribution in [3.05, 3.63) is 59.8 Å². The third-order valence-electron chi connectivity index (χ3n) is 5.40. The summed E-state index contributed by atoms with van der Waals surface area (Å²) >= 11 is 0. The van der Waals surface area contributed by atoms with E-state index in [4.69, 9.17) is 9.47 Å². The molecule has 0 spiro atoms. The zero-order valence-electron chi connectivity index (χ0n) is 15.7. The molecule has 0 bridgehead atoms. The maximum atomic E-state index is 12.5. The molecule has 1 saturated heterocycles. The van der Waals surface area contributed by atoms with E-state index >= 15 is 0 Å². The normalized spacial score (nSPS) is 16.9. The Labute approximate surface area is 158 Å². The second kappa shape index (κ2) is 7.35. The number of carbonyl (C=O) groups excluding carboxylic acids is 1. The van der Waals surface area contributed by atoms with Gasteiger partial charge in [0, 0.05) is 30.1 Å². The molecule has 0 radical (unpaired) electrons. The molecular formula is C22H24N2O3. The largest absolute Gasteiger partial charge is 0.493 e. The predicted octanol–water partition coefficient (Wildman–Crippen LogP) is 4.09. The summed E-state index contributed by atoms with van der Waals surface area (Å²) < 4.78 is 10.7. The van der Waals surface area contributed by atoms with Gasteiger partial charge in [0.05, 0.1) is 20.3 Å². The summed E-state index contributed by atoms with van der Waals surface area (Å²) in [6, 6.07) is 14.3. The lowest BCUT2D eigenvalue weighted by Gasteiger charge is -2.25. The Kier molecular flexibility index (Phi) is 4.75. The Balaban J connectivity index is 1.54. The zero-order chi connectivity index (χ0) is 18.8. The second-order valence-corrected chi connectivity index (χ2v) is 6.87. The smallest absolute Gasteiger partial charge is 0.223 e. The van der Waals surface area contributed by atoms with Crippen molar-refractivity contribution in [3.8, 4) is 11.5 Å². The topological polar surface area (TPSA) is 54.6 Å². The summed E-state index contributed by atoms with van der Waals surface area (Å²) in [5.74, 6) is 1.66. The maximum Gasteiger partial charge on any atom is 0.223 e. The number of ether oxygens (including phenoxy) is 2. The Morgan fingerprint density at radius 3 is 2.74 bits per heavy atom. The van der Waals surface area contributed by atoms with E-state index < -0.39 is 0 Å². The quantitative estimate of drug-likeness (QED) is 0.717. The van der Waals surface area contributed by atoms with Crippen LogP contribution in [0, 0.1) is 0 Å². The first-order chi connectivity index (χ1) is 13.2. The second-order valence-electron chi connectivity index (χ2n) is 6.87. The van der Waals surface area contributed by atoms with Crippen molar-refractivity contribution in [1.82, 2.24) is 9.88 Å². The van der Waals surface area contributed by atoms with Crippen molar-refractivity contribution >= 4 is 16.8 Å². The van der Waals surface area contributed by atoms with Crippen molar-refractivity contribution in [2.45, 2.75) is 25.3 Å². The van der Waals surface area contributed by atoms with Crippen molar-refractivity contribution in [2.75, 3.05) is 20.8 Å². The van der Waals surface area contributed by atoms with Crippen molar-refractivity contribution in [2.24, 2.45) is 0 Å². The summed E-state index contributed by atoms with van der Waals surface area (Å²) in [4.78, 5) is 17.9. The molecule has 0 aliphatic carbocycles. The van der Waals surface area contributed by atoms with Crippen molar-refractivity contribution in [3.63, 3.8) is 0 Å². The Bertz CT molecular complexity index is 963. The molecule has 1 aromatic heterocycles. The van der Waals surface area contributed by atoms with Crippen LogP contribution in [0.15, 0.2) is 48.7 Å². The number of aromatic nitrogens is 1. The van der Waals surface area contributed by atoms with Crippen LogP contribution in [-0.4, -0.2) is 36.6 Å². The van der Waals surface area contributed by atoms with Crippen LogP contribution in [0.5, 0.6) is 11.5 Å². The maximum absolute atomic E-state index is 12.5. The number of carbonyl (C=O) groups is 1. The van der Waals surface area contributed by atoms with Crippen LogP contribution < -0.4 is 9.47 Å². The fraction of sp³-hybridized carbons (Fsp3) is 0.318. The first kappa shape index (κ1) is 17.5. The number of likely N-dealkylation sites (tertiary alicyclic amines) is 1. The molecule has 2 heterocycles. The van der Waals surface area contributed by atoms with Crippen molar-refractivity contribution < 1.29 is 14.3 Å². The minimum atomic E-state index is 0.133. The lowest BCUT2D eigenvalue weighted by Crippen LogP contribution is -2.29. The van der Waals surface area contributed by atoms with Crippen LogP contribution in [0.25, 0.3) is 10.9 Å². The molecule has 1 aliphatic rings. The predicted molar refractivity (Wildman–Crippen MR) is 105 cm³/mol.